The predicted molar refractivity (Wildman–Crippen MR) is 76.2 cm³/mol. The summed E-state index contributed by atoms with van der Waals surface area (Å²) >= 11 is 0. The van der Waals surface area contributed by atoms with E-state index in [0.29, 0.717) is 5.54 Å². The van der Waals surface area contributed by atoms with Gasteiger partial charge in [0.2, 0.25) is 0 Å². The van der Waals surface area contributed by atoms with Gasteiger partial charge in [0.15, 0.2) is 0 Å². The van der Waals surface area contributed by atoms with Crippen molar-refractivity contribution in [1.82, 2.24) is 5.32 Å². The second-order valence-corrected chi connectivity index (χ2v) is 6.43. The number of unbranched alkanes of at least 4 members (excludes halogenated alkanes) is 1. The minimum atomic E-state index is 0.321. The maximum Gasteiger partial charge on any atom is 0.0127 e. The third-order valence-corrected chi connectivity index (χ3v) is 4.17. The third-order valence-electron chi connectivity index (χ3n) is 4.17. The van der Waals surface area contributed by atoms with E-state index < -0.39 is 0 Å². The molecule has 2 nitrogen and oxygen atoms in total. The van der Waals surface area contributed by atoms with Gasteiger partial charge in [0.1, 0.15) is 0 Å². The Kier molecular flexibility index (Phi) is 6.50. The van der Waals surface area contributed by atoms with E-state index in [4.69, 9.17) is 5.73 Å². The minimum absolute atomic E-state index is 0.321. The van der Waals surface area contributed by atoms with Gasteiger partial charge in [-0.05, 0) is 64.8 Å². The molecule has 0 unspecified atom stereocenters. The Morgan fingerprint density at radius 1 is 1.18 bits per heavy atom. The molecule has 2 heteroatoms. The average molecular weight is 240 g/mol. The molecule has 0 aliphatic heterocycles. The summed E-state index contributed by atoms with van der Waals surface area (Å²) in [7, 11) is 0. The predicted octanol–water partition coefficient (Wildman–Crippen LogP) is 3.45. The third kappa shape index (κ3) is 5.87. The summed E-state index contributed by atoms with van der Waals surface area (Å²) in [5.41, 5.74) is 5.96. The van der Waals surface area contributed by atoms with Gasteiger partial charge in [-0.15, -0.1) is 0 Å². The molecular weight excluding hydrogens is 208 g/mol. The van der Waals surface area contributed by atoms with Gasteiger partial charge in [0, 0.05) is 11.6 Å². The Labute approximate surface area is 108 Å². The fourth-order valence-corrected chi connectivity index (χ4v) is 3.07. The summed E-state index contributed by atoms with van der Waals surface area (Å²) < 4.78 is 0. The first-order valence-corrected chi connectivity index (χ1v) is 7.55. The molecule has 17 heavy (non-hydrogen) atoms. The van der Waals surface area contributed by atoms with Crippen LogP contribution in [-0.2, 0) is 0 Å². The first-order valence-electron chi connectivity index (χ1n) is 7.55. The van der Waals surface area contributed by atoms with E-state index in [1.165, 1.54) is 51.4 Å². The van der Waals surface area contributed by atoms with Gasteiger partial charge in [-0.1, -0.05) is 19.8 Å². The van der Waals surface area contributed by atoms with Crippen molar-refractivity contribution in [2.24, 2.45) is 11.7 Å². The fourth-order valence-electron chi connectivity index (χ4n) is 3.07. The molecule has 1 saturated carbocycles. The van der Waals surface area contributed by atoms with E-state index in [2.05, 4.69) is 26.1 Å². The van der Waals surface area contributed by atoms with E-state index in [1.807, 2.05) is 0 Å². The lowest BCUT2D eigenvalue weighted by molar-refractivity contribution is 0.226. The van der Waals surface area contributed by atoms with E-state index in [9.17, 15) is 0 Å². The van der Waals surface area contributed by atoms with Gasteiger partial charge in [0.25, 0.3) is 0 Å². The monoisotopic (exact) mass is 240 g/mol. The normalized spacial score (nSPS) is 26.1. The molecule has 0 amide bonds. The van der Waals surface area contributed by atoms with Crippen molar-refractivity contribution in [3.05, 3.63) is 0 Å². The molecule has 0 spiro atoms. The minimum Gasteiger partial charge on any atom is -0.330 e. The number of nitrogens with one attached hydrogen (secondary N) is 1. The van der Waals surface area contributed by atoms with Crippen LogP contribution in [0.15, 0.2) is 0 Å². The first-order chi connectivity index (χ1) is 8.07. The van der Waals surface area contributed by atoms with Crippen LogP contribution in [0.1, 0.15) is 72.1 Å². The molecule has 0 atom stereocenters. The van der Waals surface area contributed by atoms with Crippen molar-refractivity contribution in [2.75, 3.05) is 6.54 Å². The summed E-state index contributed by atoms with van der Waals surface area (Å²) in [6, 6.07) is 0.746. The molecule has 0 radical (unpaired) electrons. The smallest absolute Gasteiger partial charge is 0.0127 e. The molecule has 1 rings (SSSR count). The van der Waals surface area contributed by atoms with Crippen molar-refractivity contribution < 1.29 is 0 Å². The van der Waals surface area contributed by atoms with Crippen LogP contribution in [0.2, 0.25) is 0 Å². The van der Waals surface area contributed by atoms with Crippen molar-refractivity contribution >= 4 is 0 Å². The Morgan fingerprint density at radius 2 is 1.82 bits per heavy atom. The molecule has 0 heterocycles. The summed E-state index contributed by atoms with van der Waals surface area (Å²) in [5, 5.41) is 3.86. The van der Waals surface area contributed by atoms with Crippen LogP contribution in [0, 0.1) is 5.92 Å². The van der Waals surface area contributed by atoms with Gasteiger partial charge in [-0.2, -0.15) is 0 Å². The zero-order chi connectivity index (χ0) is 12.7. The number of rotatable bonds is 7. The van der Waals surface area contributed by atoms with Crippen LogP contribution < -0.4 is 11.1 Å². The molecule has 0 aromatic rings. The molecule has 0 aromatic heterocycles. The summed E-state index contributed by atoms with van der Waals surface area (Å²) in [6.07, 6.45) is 10.6. The highest BCUT2D eigenvalue weighted by Gasteiger charge is 2.25. The molecule has 3 N–H and O–H groups in total. The zero-order valence-electron chi connectivity index (χ0n) is 12.1. The Morgan fingerprint density at radius 3 is 2.35 bits per heavy atom. The van der Waals surface area contributed by atoms with Crippen molar-refractivity contribution in [2.45, 2.75) is 83.7 Å². The highest BCUT2D eigenvalue weighted by atomic mass is 15.0. The summed E-state index contributed by atoms with van der Waals surface area (Å²) in [6.45, 7) is 7.85. The number of hydrogen-bond donors (Lipinski definition) is 2. The molecule has 1 fully saturated rings. The highest BCUT2D eigenvalue weighted by Crippen LogP contribution is 2.28. The molecule has 1 aliphatic rings. The maximum absolute atomic E-state index is 5.63. The summed E-state index contributed by atoms with van der Waals surface area (Å²) in [4.78, 5) is 0. The summed E-state index contributed by atoms with van der Waals surface area (Å²) in [5.74, 6) is 0.900. The van der Waals surface area contributed by atoms with Crippen molar-refractivity contribution in [3.63, 3.8) is 0 Å². The standard InChI is InChI=1S/C15H32N2/c1-4-5-11-15(2,3)17-14-8-6-13(7-9-14)10-12-16/h13-14,17H,4-12,16H2,1-3H3. The van der Waals surface area contributed by atoms with Gasteiger partial charge < -0.3 is 11.1 Å². The molecule has 0 saturated heterocycles. The van der Waals surface area contributed by atoms with Crippen LogP contribution in [-0.4, -0.2) is 18.1 Å². The molecule has 0 aromatic carbocycles. The van der Waals surface area contributed by atoms with E-state index in [-0.39, 0.29) is 0 Å². The lowest BCUT2D eigenvalue weighted by Crippen LogP contribution is -2.47. The average Bonchev–Trinajstić information content (AvgIpc) is 2.29. The number of hydrogen-bond acceptors (Lipinski definition) is 2. The molecule has 0 bridgehead atoms. The Hall–Kier alpha value is -0.0800. The van der Waals surface area contributed by atoms with E-state index in [1.54, 1.807) is 0 Å². The van der Waals surface area contributed by atoms with Crippen LogP contribution in [0.3, 0.4) is 0 Å². The Balaban J connectivity index is 2.24. The topological polar surface area (TPSA) is 38.0 Å². The molecular formula is C15H32N2. The fraction of sp³-hybridized carbons (Fsp3) is 1.00. The molecule has 1 aliphatic carbocycles. The van der Waals surface area contributed by atoms with Crippen LogP contribution >= 0.6 is 0 Å². The van der Waals surface area contributed by atoms with Crippen LogP contribution in [0.4, 0.5) is 0 Å². The molecule has 102 valence electrons. The van der Waals surface area contributed by atoms with Crippen molar-refractivity contribution in [1.29, 1.82) is 0 Å². The van der Waals surface area contributed by atoms with Crippen molar-refractivity contribution in [3.8, 4) is 0 Å². The van der Waals surface area contributed by atoms with E-state index in [0.717, 1.165) is 18.5 Å². The largest absolute Gasteiger partial charge is 0.330 e. The number of nitrogens with two attached hydrogens (primary N) is 1. The SMILES string of the molecule is CCCCC(C)(C)NC1CCC(CCN)CC1. The quantitative estimate of drug-likeness (QED) is 0.715. The second kappa shape index (κ2) is 7.38. The van der Waals surface area contributed by atoms with Gasteiger partial charge in [-0.3, -0.25) is 0 Å². The lowest BCUT2D eigenvalue weighted by atomic mass is 9.83. The highest BCUT2D eigenvalue weighted by molar-refractivity contribution is 4.85. The van der Waals surface area contributed by atoms with Crippen LogP contribution in [0.25, 0.3) is 0 Å². The van der Waals surface area contributed by atoms with Gasteiger partial charge in [-0.25, -0.2) is 0 Å². The Bertz CT molecular complexity index is 193. The maximum atomic E-state index is 5.63. The zero-order valence-corrected chi connectivity index (χ0v) is 12.1. The lowest BCUT2D eigenvalue weighted by Gasteiger charge is -2.36. The van der Waals surface area contributed by atoms with Crippen LogP contribution in [0.5, 0.6) is 0 Å². The van der Waals surface area contributed by atoms with Gasteiger partial charge >= 0.3 is 0 Å². The first kappa shape index (κ1) is 15.0. The van der Waals surface area contributed by atoms with E-state index >= 15 is 0 Å². The second-order valence-electron chi connectivity index (χ2n) is 6.43. The van der Waals surface area contributed by atoms with Gasteiger partial charge in [0.05, 0.1) is 0 Å².